The van der Waals surface area contributed by atoms with E-state index in [1.165, 1.54) is 26.4 Å². The molecule has 0 amide bonds. The van der Waals surface area contributed by atoms with Crippen LogP contribution in [0.1, 0.15) is 48.1 Å². The number of hydrogen-bond donors (Lipinski definition) is 0. The van der Waals surface area contributed by atoms with Crippen molar-refractivity contribution in [3.8, 4) is 17.2 Å². The van der Waals surface area contributed by atoms with Gasteiger partial charge in [-0.2, -0.15) is 0 Å². The number of fused-ring (bicyclic) bond motifs is 5. The van der Waals surface area contributed by atoms with Gasteiger partial charge in [-0.15, -0.1) is 0 Å². The molecule has 2 aliphatic heterocycles. The summed E-state index contributed by atoms with van der Waals surface area (Å²) in [6, 6.07) is 21.0. The second-order valence-electron chi connectivity index (χ2n) is 11.1. The first-order valence-corrected chi connectivity index (χ1v) is 14.2. The van der Waals surface area contributed by atoms with Crippen LogP contribution in [0.5, 0.6) is 17.2 Å². The van der Waals surface area contributed by atoms with Crippen LogP contribution in [0.4, 0.5) is 10.1 Å². The van der Waals surface area contributed by atoms with Gasteiger partial charge in [0.05, 0.1) is 27.4 Å². The molecule has 0 saturated carbocycles. The van der Waals surface area contributed by atoms with Gasteiger partial charge >= 0.3 is 0 Å². The molecule has 44 heavy (non-hydrogen) atoms. The summed E-state index contributed by atoms with van der Waals surface area (Å²) in [5.41, 5.74) is 0.814. The van der Waals surface area contributed by atoms with E-state index in [1.807, 2.05) is 4.90 Å². The van der Waals surface area contributed by atoms with E-state index in [-0.39, 0.29) is 17.3 Å². The van der Waals surface area contributed by atoms with Gasteiger partial charge < -0.3 is 19.1 Å². The van der Waals surface area contributed by atoms with E-state index in [1.54, 1.807) is 92.1 Å². The Morgan fingerprint density at radius 1 is 0.795 bits per heavy atom. The topological polar surface area (TPSA) is 82.1 Å². The highest BCUT2D eigenvalue weighted by atomic mass is 19.1. The second kappa shape index (κ2) is 10.2. The number of benzene rings is 4. The molecule has 0 aromatic heterocycles. The molecule has 1 fully saturated rings. The van der Waals surface area contributed by atoms with Crippen molar-refractivity contribution >= 4 is 29.1 Å². The van der Waals surface area contributed by atoms with Crippen molar-refractivity contribution in [2.24, 2.45) is 5.41 Å². The van der Waals surface area contributed by atoms with Crippen molar-refractivity contribution in [2.45, 2.75) is 18.0 Å². The fraction of sp³-hybridized carbons (Fsp3) is 0.194. The number of ether oxygens (including phenoxy) is 3. The summed E-state index contributed by atoms with van der Waals surface area (Å²) < 4.78 is 31.2. The minimum atomic E-state index is -1.74. The third-order valence-electron chi connectivity index (χ3n) is 9.18. The predicted molar refractivity (Wildman–Crippen MR) is 163 cm³/mol. The normalized spacial score (nSPS) is 20.7. The van der Waals surface area contributed by atoms with Crippen LogP contribution in [0, 0.1) is 11.2 Å². The smallest absolute Gasteiger partial charge is 0.185 e. The van der Waals surface area contributed by atoms with Crippen LogP contribution in [0.25, 0.3) is 6.08 Å². The first kappa shape index (κ1) is 27.6. The average Bonchev–Trinajstić information content (AvgIpc) is 3.49. The Hall–Kier alpha value is -5.24. The van der Waals surface area contributed by atoms with Crippen molar-refractivity contribution in [2.75, 3.05) is 26.2 Å². The van der Waals surface area contributed by atoms with E-state index in [2.05, 4.69) is 0 Å². The van der Waals surface area contributed by atoms with Crippen LogP contribution in [0.3, 0.4) is 0 Å². The number of rotatable bonds is 6. The van der Waals surface area contributed by atoms with Crippen molar-refractivity contribution in [3.05, 3.63) is 125 Å². The Balaban J connectivity index is 1.57. The number of nitrogens with zero attached hydrogens (tertiary/aromatic N) is 1. The number of methoxy groups -OCH3 is 3. The van der Waals surface area contributed by atoms with Crippen LogP contribution >= 0.6 is 0 Å². The molecular weight excluding hydrogens is 561 g/mol. The zero-order valence-electron chi connectivity index (χ0n) is 24.2. The number of Topliss-reactive ketones (excluding diaryl/α,β-unsaturated/α-hetero) is 3. The van der Waals surface area contributed by atoms with Gasteiger partial charge in [0.15, 0.2) is 17.3 Å². The van der Waals surface area contributed by atoms with Crippen molar-refractivity contribution in [3.63, 3.8) is 0 Å². The third-order valence-corrected chi connectivity index (χ3v) is 9.18. The van der Waals surface area contributed by atoms with E-state index >= 15 is 0 Å². The van der Waals surface area contributed by atoms with Gasteiger partial charge in [-0.05, 0) is 60.7 Å². The lowest BCUT2D eigenvalue weighted by Gasteiger charge is -2.37. The Bertz CT molecular complexity index is 1850. The van der Waals surface area contributed by atoms with E-state index in [0.29, 0.717) is 50.8 Å². The molecule has 7 rings (SSSR count). The first-order valence-electron chi connectivity index (χ1n) is 14.2. The number of carbonyl (C=O) groups excluding carboxylic acids is 3. The second-order valence-corrected chi connectivity index (χ2v) is 11.1. The summed E-state index contributed by atoms with van der Waals surface area (Å²) in [6.07, 6.45) is 3.48. The lowest BCUT2D eigenvalue weighted by atomic mass is 9.64. The standard InChI is InChI=1S/C36H28FNO6/c1-42-23-12-8-20(9-13-23)33(39)32-31(27-19-24(43-2)14-16-29(27)44-3)36(34(40)25-6-4-5-7-26(25)35(36)41)30-17-10-21-18-22(37)11-15-28(21)38(30)32/h4-19,30-32H,1-3H3/t30-,31+,32+/m1/s1. The maximum atomic E-state index is 14.9. The highest BCUT2D eigenvalue weighted by Crippen LogP contribution is 2.62. The number of ketones is 3. The SMILES string of the molecule is COc1ccc(C(=O)[C@@H]2[C@H](c3cc(OC)ccc3OC)C3(C(=O)c4ccccc4C3=O)[C@H]3C=Cc4cc(F)ccc4N23)cc1. The quantitative estimate of drug-likeness (QED) is 0.197. The van der Waals surface area contributed by atoms with Crippen molar-refractivity contribution in [1.82, 2.24) is 0 Å². The van der Waals surface area contributed by atoms with Crippen LogP contribution in [0.15, 0.2) is 91.0 Å². The molecule has 4 aromatic carbocycles. The summed E-state index contributed by atoms with van der Waals surface area (Å²) in [5.74, 6) is -1.05. The summed E-state index contributed by atoms with van der Waals surface area (Å²) in [6.45, 7) is 0. The van der Waals surface area contributed by atoms with E-state index in [4.69, 9.17) is 14.2 Å². The largest absolute Gasteiger partial charge is 0.497 e. The molecule has 0 radical (unpaired) electrons. The number of halogens is 1. The summed E-state index contributed by atoms with van der Waals surface area (Å²) in [5, 5.41) is 0. The maximum Gasteiger partial charge on any atom is 0.185 e. The molecule has 3 atom stereocenters. The molecule has 8 heteroatoms. The predicted octanol–water partition coefficient (Wildman–Crippen LogP) is 6.17. The van der Waals surface area contributed by atoms with E-state index in [9.17, 15) is 18.8 Å². The van der Waals surface area contributed by atoms with Crippen LogP contribution in [-0.4, -0.2) is 50.8 Å². The van der Waals surface area contributed by atoms with Gasteiger partial charge in [0.1, 0.15) is 34.5 Å². The van der Waals surface area contributed by atoms with Crippen LogP contribution in [-0.2, 0) is 0 Å². The highest BCUT2D eigenvalue weighted by Gasteiger charge is 2.72. The number of hydrogen-bond acceptors (Lipinski definition) is 7. The molecule has 3 aliphatic rings. The highest BCUT2D eigenvalue weighted by molar-refractivity contribution is 6.32. The molecule has 0 bridgehead atoms. The first-order chi connectivity index (χ1) is 21.3. The third kappa shape index (κ3) is 3.70. The average molecular weight is 590 g/mol. The Labute approximate surface area is 253 Å². The molecule has 4 aromatic rings. The number of carbonyl (C=O) groups is 3. The summed E-state index contributed by atoms with van der Waals surface area (Å²) >= 11 is 0. The fourth-order valence-electron chi connectivity index (χ4n) is 7.30. The zero-order chi connectivity index (χ0) is 30.7. The van der Waals surface area contributed by atoms with Gasteiger partial charge in [-0.25, -0.2) is 4.39 Å². The zero-order valence-corrected chi connectivity index (χ0v) is 24.2. The van der Waals surface area contributed by atoms with E-state index in [0.717, 1.165) is 0 Å². The Kier molecular flexibility index (Phi) is 6.39. The fourth-order valence-corrected chi connectivity index (χ4v) is 7.30. The molecule has 1 spiro atoms. The van der Waals surface area contributed by atoms with Gasteiger partial charge in [0, 0.05) is 39.4 Å². The molecular formula is C36H28FNO6. The minimum absolute atomic E-state index is 0.306. The lowest BCUT2D eigenvalue weighted by molar-refractivity contribution is 0.0664. The summed E-state index contributed by atoms with van der Waals surface area (Å²) in [4.78, 5) is 46.4. The number of anilines is 1. The van der Waals surface area contributed by atoms with Gasteiger partial charge in [-0.1, -0.05) is 36.4 Å². The Morgan fingerprint density at radius 2 is 1.45 bits per heavy atom. The van der Waals surface area contributed by atoms with Crippen LogP contribution < -0.4 is 19.1 Å². The van der Waals surface area contributed by atoms with Gasteiger partial charge in [0.2, 0.25) is 0 Å². The molecule has 7 nitrogen and oxygen atoms in total. The molecule has 1 aliphatic carbocycles. The summed E-state index contributed by atoms with van der Waals surface area (Å²) in [7, 11) is 4.57. The minimum Gasteiger partial charge on any atom is -0.497 e. The lowest BCUT2D eigenvalue weighted by Crippen LogP contribution is -2.48. The molecule has 1 saturated heterocycles. The molecule has 0 unspecified atom stereocenters. The molecule has 2 heterocycles. The molecule has 0 N–H and O–H groups in total. The monoisotopic (exact) mass is 589 g/mol. The maximum absolute atomic E-state index is 14.9. The van der Waals surface area contributed by atoms with Crippen molar-refractivity contribution in [1.29, 1.82) is 0 Å². The molecule has 220 valence electrons. The van der Waals surface area contributed by atoms with Gasteiger partial charge in [0.25, 0.3) is 0 Å². The van der Waals surface area contributed by atoms with E-state index < -0.39 is 29.2 Å². The van der Waals surface area contributed by atoms with Crippen LogP contribution in [0.2, 0.25) is 0 Å². The van der Waals surface area contributed by atoms with Gasteiger partial charge in [-0.3, -0.25) is 14.4 Å². The Morgan fingerprint density at radius 3 is 2.09 bits per heavy atom. The van der Waals surface area contributed by atoms with Crippen molar-refractivity contribution < 1.29 is 33.0 Å².